The zero-order valence-electron chi connectivity index (χ0n) is 6.48. The Labute approximate surface area is 90.9 Å². The Bertz CT molecular complexity index is 348. The first kappa shape index (κ1) is 10.6. The minimum atomic E-state index is -0.236. The highest BCUT2D eigenvalue weighted by Gasteiger charge is 2.08. The summed E-state index contributed by atoms with van der Waals surface area (Å²) >= 11 is 17.1. The van der Waals surface area contributed by atoms with Gasteiger partial charge in [-0.1, -0.05) is 41.4 Å². The molecule has 0 aliphatic rings. The predicted molar refractivity (Wildman–Crippen MR) is 56.0 cm³/mol. The molecule has 0 heterocycles. The van der Waals surface area contributed by atoms with E-state index in [2.05, 4.69) is 6.58 Å². The molecule has 0 saturated heterocycles. The Kier molecular flexibility index (Phi) is 3.37. The SMILES string of the molecule is C=CC(=O)c1cc(Cl)c(Cl)c(Cl)c1. The Morgan fingerprint density at radius 3 is 2.08 bits per heavy atom. The van der Waals surface area contributed by atoms with E-state index < -0.39 is 0 Å². The maximum absolute atomic E-state index is 11.2. The highest BCUT2D eigenvalue weighted by atomic mass is 35.5. The summed E-state index contributed by atoms with van der Waals surface area (Å²) < 4.78 is 0. The molecule has 0 radical (unpaired) electrons. The van der Waals surface area contributed by atoms with E-state index in [1.54, 1.807) is 0 Å². The lowest BCUT2D eigenvalue weighted by molar-refractivity contribution is 0.104. The maximum atomic E-state index is 11.2. The summed E-state index contributed by atoms with van der Waals surface area (Å²) in [5.41, 5.74) is 0.384. The van der Waals surface area contributed by atoms with Gasteiger partial charge in [-0.25, -0.2) is 0 Å². The second-order valence-electron chi connectivity index (χ2n) is 2.32. The predicted octanol–water partition coefficient (Wildman–Crippen LogP) is 4.02. The van der Waals surface area contributed by atoms with Crippen LogP contribution in [0.2, 0.25) is 15.1 Å². The second kappa shape index (κ2) is 4.14. The van der Waals surface area contributed by atoms with E-state index >= 15 is 0 Å². The number of allylic oxidation sites excluding steroid dienone is 1. The summed E-state index contributed by atoms with van der Waals surface area (Å²) in [6.07, 6.45) is 1.19. The minimum absolute atomic E-state index is 0.236. The molecule has 0 saturated carbocycles. The molecule has 1 aromatic rings. The molecular weight excluding hydrogens is 230 g/mol. The number of hydrogen-bond acceptors (Lipinski definition) is 1. The van der Waals surface area contributed by atoms with Gasteiger partial charge in [-0.3, -0.25) is 4.79 Å². The summed E-state index contributed by atoms with van der Waals surface area (Å²) in [5.74, 6) is -0.236. The molecule has 0 fully saturated rings. The monoisotopic (exact) mass is 234 g/mol. The standard InChI is InChI=1S/C9H5Cl3O/c1-2-8(13)5-3-6(10)9(12)7(11)4-5/h2-4H,1H2. The van der Waals surface area contributed by atoms with Crippen LogP contribution in [0, 0.1) is 0 Å². The van der Waals surface area contributed by atoms with E-state index in [1.807, 2.05) is 0 Å². The lowest BCUT2D eigenvalue weighted by Gasteiger charge is -2.01. The van der Waals surface area contributed by atoms with Gasteiger partial charge in [0.2, 0.25) is 0 Å². The maximum Gasteiger partial charge on any atom is 0.185 e. The first-order valence-corrected chi connectivity index (χ1v) is 4.51. The van der Waals surface area contributed by atoms with Crippen molar-refractivity contribution in [1.82, 2.24) is 0 Å². The number of halogens is 3. The van der Waals surface area contributed by atoms with Crippen molar-refractivity contribution >= 4 is 40.6 Å². The van der Waals surface area contributed by atoms with Crippen molar-refractivity contribution in [3.63, 3.8) is 0 Å². The smallest absolute Gasteiger partial charge is 0.185 e. The zero-order chi connectivity index (χ0) is 10.0. The zero-order valence-corrected chi connectivity index (χ0v) is 8.75. The molecule has 0 unspecified atom stereocenters. The summed E-state index contributed by atoms with van der Waals surface area (Å²) in [7, 11) is 0. The minimum Gasteiger partial charge on any atom is -0.289 e. The van der Waals surface area contributed by atoms with Gasteiger partial charge in [0.1, 0.15) is 0 Å². The van der Waals surface area contributed by atoms with Crippen LogP contribution in [0.4, 0.5) is 0 Å². The van der Waals surface area contributed by atoms with Crippen LogP contribution in [0.5, 0.6) is 0 Å². The van der Waals surface area contributed by atoms with Crippen LogP contribution in [-0.2, 0) is 0 Å². The van der Waals surface area contributed by atoms with E-state index in [1.165, 1.54) is 18.2 Å². The molecule has 0 aromatic heterocycles. The number of ketones is 1. The average Bonchev–Trinajstić information content (AvgIpc) is 2.12. The van der Waals surface area contributed by atoms with Crippen molar-refractivity contribution < 1.29 is 4.79 Å². The van der Waals surface area contributed by atoms with Crippen LogP contribution < -0.4 is 0 Å². The largest absolute Gasteiger partial charge is 0.289 e. The Balaban J connectivity index is 3.28. The Morgan fingerprint density at radius 1 is 1.23 bits per heavy atom. The van der Waals surface area contributed by atoms with Gasteiger partial charge >= 0.3 is 0 Å². The van der Waals surface area contributed by atoms with Crippen molar-refractivity contribution in [1.29, 1.82) is 0 Å². The van der Waals surface area contributed by atoms with E-state index in [-0.39, 0.29) is 20.9 Å². The van der Waals surface area contributed by atoms with Crippen LogP contribution in [0.15, 0.2) is 24.8 Å². The normalized spacial score (nSPS) is 9.77. The van der Waals surface area contributed by atoms with Crippen LogP contribution >= 0.6 is 34.8 Å². The third-order valence-electron chi connectivity index (χ3n) is 1.45. The summed E-state index contributed by atoms with van der Waals surface area (Å²) in [6.45, 7) is 3.35. The molecule has 4 heteroatoms. The van der Waals surface area contributed by atoms with E-state index in [0.717, 1.165) is 0 Å². The molecule has 13 heavy (non-hydrogen) atoms. The average molecular weight is 235 g/mol. The Morgan fingerprint density at radius 2 is 1.69 bits per heavy atom. The molecule has 1 aromatic carbocycles. The van der Waals surface area contributed by atoms with E-state index in [4.69, 9.17) is 34.8 Å². The number of hydrogen-bond donors (Lipinski definition) is 0. The number of carbonyl (C=O) groups is 1. The lowest BCUT2D eigenvalue weighted by Crippen LogP contribution is -1.93. The second-order valence-corrected chi connectivity index (χ2v) is 3.51. The molecule has 0 aliphatic carbocycles. The van der Waals surface area contributed by atoms with E-state index in [0.29, 0.717) is 5.56 Å². The highest BCUT2D eigenvalue weighted by Crippen LogP contribution is 2.31. The van der Waals surface area contributed by atoms with Gasteiger partial charge in [-0.15, -0.1) is 0 Å². The summed E-state index contributed by atoms with van der Waals surface area (Å²) in [5, 5.41) is 0.780. The van der Waals surface area contributed by atoms with Crippen molar-refractivity contribution in [2.24, 2.45) is 0 Å². The molecule has 68 valence electrons. The fourth-order valence-electron chi connectivity index (χ4n) is 0.816. The van der Waals surface area contributed by atoms with Gasteiger partial charge in [0.25, 0.3) is 0 Å². The molecule has 0 atom stereocenters. The molecular formula is C9H5Cl3O. The quantitative estimate of drug-likeness (QED) is 0.430. The van der Waals surface area contributed by atoms with Gasteiger partial charge in [0.15, 0.2) is 5.78 Å². The molecule has 0 amide bonds. The third kappa shape index (κ3) is 2.25. The van der Waals surface area contributed by atoms with Gasteiger partial charge in [-0.05, 0) is 18.2 Å². The van der Waals surface area contributed by atoms with Crippen molar-refractivity contribution in [3.8, 4) is 0 Å². The fourth-order valence-corrected chi connectivity index (χ4v) is 1.41. The molecule has 1 nitrogen and oxygen atoms in total. The van der Waals surface area contributed by atoms with E-state index in [9.17, 15) is 4.79 Å². The molecule has 0 N–H and O–H groups in total. The first-order chi connectivity index (χ1) is 6.06. The Hall–Kier alpha value is -0.500. The molecule has 0 spiro atoms. The van der Waals surface area contributed by atoms with Crippen molar-refractivity contribution in [2.45, 2.75) is 0 Å². The van der Waals surface area contributed by atoms with Gasteiger partial charge in [0, 0.05) is 5.56 Å². The molecule has 0 aliphatic heterocycles. The van der Waals surface area contributed by atoms with Gasteiger partial charge in [0.05, 0.1) is 15.1 Å². The van der Waals surface area contributed by atoms with Gasteiger partial charge in [-0.2, -0.15) is 0 Å². The van der Waals surface area contributed by atoms with Crippen LogP contribution in [-0.4, -0.2) is 5.78 Å². The fraction of sp³-hybridized carbons (Fsp3) is 0. The number of rotatable bonds is 2. The van der Waals surface area contributed by atoms with Crippen molar-refractivity contribution in [2.75, 3.05) is 0 Å². The third-order valence-corrected chi connectivity index (χ3v) is 2.65. The van der Waals surface area contributed by atoms with Crippen LogP contribution in [0.1, 0.15) is 10.4 Å². The molecule has 1 rings (SSSR count). The van der Waals surface area contributed by atoms with Crippen LogP contribution in [0.3, 0.4) is 0 Å². The van der Waals surface area contributed by atoms with Crippen LogP contribution in [0.25, 0.3) is 0 Å². The lowest BCUT2D eigenvalue weighted by atomic mass is 10.1. The van der Waals surface area contributed by atoms with Gasteiger partial charge < -0.3 is 0 Å². The number of benzene rings is 1. The number of carbonyl (C=O) groups excluding carboxylic acids is 1. The summed E-state index contributed by atoms with van der Waals surface area (Å²) in [4.78, 5) is 11.2. The topological polar surface area (TPSA) is 17.1 Å². The van der Waals surface area contributed by atoms with Crippen molar-refractivity contribution in [3.05, 3.63) is 45.4 Å². The summed E-state index contributed by atoms with van der Waals surface area (Å²) in [6, 6.07) is 2.92. The highest BCUT2D eigenvalue weighted by molar-refractivity contribution is 6.48. The first-order valence-electron chi connectivity index (χ1n) is 3.37. The molecule has 0 bridgehead atoms.